The van der Waals surface area contributed by atoms with Crippen LogP contribution < -0.4 is 10.6 Å². The number of benzene rings is 2. The van der Waals surface area contributed by atoms with E-state index >= 15 is 0 Å². The highest BCUT2D eigenvalue weighted by Gasteiger charge is 2.17. The lowest BCUT2D eigenvalue weighted by Gasteiger charge is -2.14. The Hall–Kier alpha value is -2.34. The Morgan fingerprint density at radius 3 is 2.36 bits per heavy atom. The van der Waals surface area contributed by atoms with E-state index in [0.717, 1.165) is 28.6 Å². The molecule has 0 aliphatic heterocycles. The van der Waals surface area contributed by atoms with Crippen molar-refractivity contribution in [2.75, 3.05) is 11.9 Å². The van der Waals surface area contributed by atoms with Crippen LogP contribution in [0.1, 0.15) is 18.1 Å². The first-order valence-electron chi connectivity index (χ1n) is 7.93. The van der Waals surface area contributed by atoms with E-state index in [2.05, 4.69) is 10.6 Å². The largest absolute Gasteiger partial charge is 0.346 e. The van der Waals surface area contributed by atoms with Gasteiger partial charge in [0.15, 0.2) is 0 Å². The molecular formula is C19H21FN2O2S. The number of hydrogen-bond donors (Lipinski definition) is 2. The first-order valence-corrected chi connectivity index (χ1v) is 8.81. The Morgan fingerprint density at radius 2 is 1.72 bits per heavy atom. The summed E-state index contributed by atoms with van der Waals surface area (Å²) in [5, 5.41) is 4.89. The second-order valence-corrected chi connectivity index (χ2v) is 7.11. The molecule has 132 valence electrons. The van der Waals surface area contributed by atoms with E-state index in [0.29, 0.717) is 4.90 Å². The van der Waals surface area contributed by atoms with Gasteiger partial charge in [-0.15, -0.1) is 11.8 Å². The van der Waals surface area contributed by atoms with Crippen LogP contribution in [-0.4, -0.2) is 23.6 Å². The number of carbonyl (C=O) groups excluding carboxylic acids is 2. The van der Waals surface area contributed by atoms with Crippen LogP contribution in [0.3, 0.4) is 0 Å². The molecule has 2 aromatic rings. The van der Waals surface area contributed by atoms with Crippen molar-refractivity contribution in [3.05, 3.63) is 59.4 Å². The Balaban J connectivity index is 1.87. The molecule has 0 saturated heterocycles. The van der Waals surface area contributed by atoms with Gasteiger partial charge in [-0.25, -0.2) is 4.39 Å². The van der Waals surface area contributed by atoms with E-state index in [-0.39, 0.29) is 24.2 Å². The number of rotatable bonds is 6. The van der Waals surface area contributed by atoms with Crippen LogP contribution in [-0.2, 0) is 9.59 Å². The number of para-hydroxylation sites is 1. The zero-order chi connectivity index (χ0) is 18.4. The minimum absolute atomic E-state index is 0.130. The van der Waals surface area contributed by atoms with Crippen LogP contribution >= 0.6 is 11.8 Å². The van der Waals surface area contributed by atoms with Crippen molar-refractivity contribution >= 4 is 29.3 Å². The van der Waals surface area contributed by atoms with E-state index in [1.54, 1.807) is 25.1 Å². The van der Waals surface area contributed by atoms with Gasteiger partial charge in [-0.1, -0.05) is 30.3 Å². The number of aryl methyl sites for hydroxylation is 2. The summed E-state index contributed by atoms with van der Waals surface area (Å²) in [5.74, 6) is -0.973. The van der Waals surface area contributed by atoms with Crippen LogP contribution in [0.5, 0.6) is 0 Å². The number of thioether (sulfide) groups is 1. The molecule has 2 amide bonds. The summed E-state index contributed by atoms with van der Waals surface area (Å²) in [6.07, 6.45) is 0. The lowest BCUT2D eigenvalue weighted by molar-refractivity contribution is -0.123. The molecular weight excluding hydrogens is 339 g/mol. The van der Waals surface area contributed by atoms with Crippen LogP contribution in [0.15, 0.2) is 47.4 Å². The van der Waals surface area contributed by atoms with Gasteiger partial charge in [0.1, 0.15) is 5.82 Å². The zero-order valence-electron chi connectivity index (χ0n) is 14.4. The minimum Gasteiger partial charge on any atom is -0.346 e. The Labute approximate surface area is 151 Å². The van der Waals surface area contributed by atoms with Crippen molar-refractivity contribution < 1.29 is 14.0 Å². The summed E-state index contributed by atoms with van der Waals surface area (Å²) in [4.78, 5) is 24.6. The molecule has 1 atom stereocenters. The molecule has 0 spiro atoms. The SMILES string of the molecule is Cc1cccc(C)c1NC(=O)CNC(=O)[C@H](C)Sc1ccccc1F. The van der Waals surface area contributed by atoms with E-state index < -0.39 is 5.25 Å². The molecule has 4 nitrogen and oxygen atoms in total. The van der Waals surface area contributed by atoms with Gasteiger partial charge in [-0.2, -0.15) is 0 Å². The van der Waals surface area contributed by atoms with Crippen molar-refractivity contribution in [2.45, 2.75) is 30.9 Å². The van der Waals surface area contributed by atoms with Crippen molar-refractivity contribution in [1.29, 1.82) is 0 Å². The Bertz CT molecular complexity index is 760. The normalized spacial score (nSPS) is 11.7. The Morgan fingerprint density at radius 1 is 1.08 bits per heavy atom. The number of halogens is 1. The minimum atomic E-state index is -0.509. The molecule has 0 bridgehead atoms. The van der Waals surface area contributed by atoms with Crippen LogP contribution in [0, 0.1) is 19.7 Å². The van der Waals surface area contributed by atoms with Crippen LogP contribution in [0.25, 0.3) is 0 Å². The van der Waals surface area contributed by atoms with Crippen molar-refractivity contribution in [2.24, 2.45) is 0 Å². The molecule has 2 N–H and O–H groups in total. The lowest BCUT2D eigenvalue weighted by Crippen LogP contribution is -2.37. The highest BCUT2D eigenvalue weighted by molar-refractivity contribution is 8.00. The summed E-state index contributed by atoms with van der Waals surface area (Å²) in [6.45, 7) is 5.37. The second-order valence-electron chi connectivity index (χ2n) is 5.72. The molecule has 0 unspecified atom stereocenters. The average Bonchev–Trinajstić information content (AvgIpc) is 2.58. The topological polar surface area (TPSA) is 58.2 Å². The zero-order valence-corrected chi connectivity index (χ0v) is 15.2. The number of amides is 2. The van der Waals surface area contributed by atoms with Gasteiger partial charge >= 0.3 is 0 Å². The van der Waals surface area contributed by atoms with Gasteiger partial charge < -0.3 is 10.6 Å². The molecule has 0 aliphatic carbocycles. The number of anilines is 1. The number of nitrogens with one attached hydrogen (secondary N) is 2. The van der Waals surface area contributed by atoms with Crippen molar-refractivity contribution in [1.82, 2.24) is 5.32 Å². The van der Waals surface area contributed by atoms with Gasteiger partial charge in [0.05, 0.1) is 11.8 Å². The van der Waals surface area contributed by atoms with Crippen molar-refractivity contribution in [3.8, 4) is 0 Å². The molecule has 2 rings (SSSR count). The summed E-state index contributed by atoms with van der Waals surface area (Å²) in [7, 11) is 0. The fraction of sp³-hybridized carbons (Fsp3) is 0.263. The van der Waals surface area contributed by atoms with E-state index in [1.807, 2.05) is 32.0 Å². The third-order valence-corrected chi connectivity index (χ3v) is 4.83. The molecule has 2 aromatic carbocycles. The molecule has 0 radical (unpaired) electrons. The maximum absolute atomic E-state index is 13.6. The van der Waals surface area contributed by atoms with Gasteiger partial charge in [-0.05, 0) is 44.0 Å². The van der Waals surface area contributed by atoms with Gasteiger partial charge in [0.25, 0.3) is 0 Å². The smallest absolute Gasteiger partial charge is 0.243 e. The lowest BCUT2D eigenvalue weighted by atomic mass is 10.1. The van der Waals surface area contributed by atoms with E-state index in [4.69, 9.17) is 0 Å². The maximum atomic E-state index is 13.6. The first-order chi connectivity index (χ1) is 11.9. The standard InChI is InChI=1S/C19H21FN2O2S/c1-12-7-6-8-13(2)18(12)22-17(23)11-21-19(24)14(3)25-16-10-5-4-9-15(16)20/h4-10,14H,11H2,1-3H3,(H,21,24)(H,22,23)/t14-/m0/s1. The monoisotopic (exact) mass is 360 g/mol. The second kappa shape index (κ2) is 8.67. The summed E-state index contributed by atoms with van der Waals surface area (Å²) >= 11 is 1.12. The molecule has 0 aliphatic rings. The van der Waals surface area contributed by atoms with Crippen LogP contribution in [0.4, 0.5) is 10.1 Å². The summed E-state index contributed by atoms with van der Waals surface area (Å²) in [5.41, 5.74) is 2.68. The highest BCUT2D eigenvalue weighted by Crippen LogP contribution is 2.25. The third-order valence-electron chi connectivity index (χ3n) is 3.68. The average molecular weight is 360 g/mol. The fourth-order valence-electron chi connectivity index (χ4n) is 2.29. The van der Waals surface area contributed by atoms with E-state index in [9.17, 15) is 14.0 Å². The molecule has 0 saturated carbocycles. The quantitative estimate of drug-likeness (QED) is 0.773. The molecule has 0 aromatic heterocycles. The highest BCUT2D eigenvalue weighted by atomic mass is 32.2. The fourth-order valence-corrected chi connectivity index (χ4v) is 3.20. The number of hydrogen-bond acceptors (Lipinski definition) is 3. The predicted molar refractivity (Wildman–Crippen MR) is 99.3 cm³/mol. The van der Waals surface area contributed by atoms with Crippen LogP contribution in [0.2, 0.25) is 0 Å². The predicted octanol–water partition coefficient (Wildman–Crippen LogP) is 3.68. The molecule has 0 fully saturated rings. The van der Waals surface area contributed by atoms with Crippen molar-refractivity contribution in [3.63, 3.8) is 0 Å². The van der Waals surface area contributed by atoms with Gasteiger partial charge in [-0.3, -0.25) is 9.59 Å². The van der Waals surface area contributed by atoms with Gasteiger partial charge in [0.2, 0.25) is 11.8 Å². The summed E-state index contributed by atoms with van der Waals surface area (Å²) in [6, 6.07) is 12.0. The molecule has 6 heteroatoms. The Kier molecular flexibility index (Phi) is 6.58. The molecule has 0 heterocycles. The first kappa shape index (κ1) is 19.0. The van der Waals surface area contributed by atoms with Gasteiger partial charge in [0, 0.05) is 10.6 Å². The summed E-state index contributed by atoms with van der Waals surface area (Å²) < 4.78 is 13.6. The third kappa shape index (κ3) is 5.32. The maximum Gasteiger partial charge on any atom is 0.243 e. The number of carbonyl (C=O) groups is 2. The van der Waals surface area contributed by atoms with E-state index in [1.165, 1.54) is 6.07 Å². The molecule has 25 heavy (non-hydrogen) atoms.